The minimum Gasteiger partial charge on any atom is -0.395 e. The second kappa shape index (κ2) is 5.50. The normalized spacial score (nSPS) is 22.8. The summed E-state index contributed by atoms with van der Waals surface area (Å²) in [6.07, 6.45) is 3.40. The summed E-state index contributed by atoms with van der Waals surface area (Å²) in [5.74, 6) is 1.28. The van der Waals surface area contributed by atoms with Gasteiger partial charge in [-0.2, -0.15) is 0 Å². The lowest BCUT2D eigenvalue weighted by atomic mass is 10.2. The van der Waals surface area contributed by atoms with Gasteiger partial charge >= 0.3 is 0 Å². The zero-order valence-electron chi connectivity index (χ0n) is 8.03. The Balaban J connectivity index is 2.36. The van der Waals surface area contributed by atoms with E-state index in [9.17, 15) is 4.79 Å². The molecule has 13 heavy (non-hydrogen) atoms. The van der Waals surface area contributed by atoms with E-state index in [0.717, 1.165) is 18.6 Å². The van der Waals surface area contributed by atoms with Crippen LogP contribution >= 0.6 is 11.8 Å². The van der Waals surface area contributed by atoms with E-state index in [2.05, 4.69) is 0 Å². The van der Waals surface area contributed by atoms with Gasteiger partial charge in [-0.1, -0.05) is 6.42 Å². The Morgan fingerprint density at radius 3 is 2.92 bits per heavy atom. The van der Waals surface area contributed by atoms with E-state index in [-0.39, 0.29) is 17.8 Å². The maximum atomic E-state index is 11.7. The predicted molar refractivity (Wildman–Crippen MR) is 54.8 cm³/mol. The summed E-state index contributed by atoms with van der Waals surface area (Å²) in [6.45, 7) is 0.509. The first-order chi connectivity index (χ1) is 6.25. The van der Waals surface area contributed by atoms with Crippen LogP contribution in [-0.4, -0.2) is 47.1 Å². The first kappa shape index (κ1) is 10.9. The van der Waals surface area contributed by atoms with Gasteiger partial charge in [-0.05, 0) is 18.6 Å². The highest BCUT2D eigenvalue weighted by molar-refractivity contribution is 8.00. The molecule has 0 aromatic rings. The molecule has 76 valence electrons. The molecule has 0 aromatic heterocycles. The van der Waals surface area contributed by atoms with E-state index in [1.165, 1.54) is 6.42 Å². The Bertz CT molecular complexity index is 169. The van der Waals surface area contributed by atoms with Crippen molar-refractivity contribution in [3.8, 4) is 0 Å². The number of likely N-dealkylation sites (N-methyl/N-ethyl adjacent to an activating group) is 1. The summed E-state index contributed by atoms with van der Waals surface area (Å²) in [7, 11) is 1.76. The molecule has 1 saturated heterocycles. The molecule has 1 N–H and O–H groups in total. The van der Waals surface area contributed by atoms with Crippen LogP contribution < -0.4 is 0 Å². The smallest absolute Gasteiger partial charge is 0.235 e. The summed E-state index contributed by atoms with van der Waals surface area (Å²) >= 11 is 1.75. The first-order valence-corrected chi connectivity index (χ1v) is 5.78. The quantitative estimate of drug-likeness (QED) is 0.735. The maximum absolute atomic E-state index is 11.7. The number of carbonyl (C=O) groups excluding carboxylic acids is 1. The van der Waals surface area contributed by atoms with E-state index in [4.69, 9.17) is 5.11 Å². The van der Waals surface area contributed by atoms with E-state index >= 15 is 0 Å². The van der Waals surface area contributed by atoms with Gasteiger partial charge in [-0.3, -0.25) is 4.79 Å². The minimum atomic E-state index is 0.0552. The van der Waals surface area contributed by atoms with Crippen molar-refractivity contribution in [2.75, 3.05) is 26.0 Å². The van der Waals surface area contributed by atoms with Gasteiger partial charge in [0.05, 0.1) is 11.9 Å². The zero-order chi connectivity index (χ0) is 9.68. The van der Waals surface area contributed by atoms with Gasteiger partial charge in [0.25, 0.3) is 0 Å². The van der Waals surface area contributed by atoms with E-state index in [1.807, 2.05) is 0 Å². The van der Waals surface area contributed by atoms with Gasteiger partial charge in [0.1, 0.15) is 0 Å². The van der Waals surface area contributed by atoms with Gasteiger partial charge in [-0.15, -0.1) is 11.8 Å². The molecule has 4 heteroatoms. The van der Waals surface area contributed by atoms with Gasteiger partial charge in [0.15, 0.2) is 0 Å². The Labute approximate surface area is 83.5 Å². The summed E-state index contributed by atoms with van der Waals surface area (Å²) in [4.78, 5) is 13.3. The lowest BCUT2D eigenvalue weighted by Gasteiger charge is -2.25. The van der Waals surface area contributed by atoms with Crippen LogP contribution in [0.4, 0.5) is 0 Å². The SMILES string of the molecule is CN(CCO)C(=O)C1CCCCS1. The molecular weight excluding hydrogens is 186 g/mol. The monoisotopic (exact) mass is 203 g/mol. The molecule has 3 nitrogen and oxygen atoms in total. The number of carbonyl (C=O) groups is 1. The Morgan fingerprint density at radius 1 is 1.62 bits per heavy atom. The highest BCUT2D eigenvalue weighted by atomic mass is 32.2. The number of nitrogens with zero attached hydrogens (tertiary/aromatic N) is 1. The third kappa shape index (κ3) is 3.19. The largest absolute Gasteiger partial charge is 0.395 e. The predicted octanol–water partition coefficient (Wildman–Crippen LogP) is 0.723. The molecule has 1 amide bonds. The van der Waals surface area contributed by atoms with Crippen molar-refractivity contribution in [1.82, 2.24) is 4.90 Å². The molecule has 1 heterocycles. The second-order valence-electron chi connectivity index (χ2n) is 3.34. The molecule has 1 atom stereocenters. The average Bonchev–Trinajstić information content (AvgIpc) is 2.18. The van der Waals surface area contributed by atoms with Crippen molar-refractivity contribution in [3.63, 3.8) is 0 Å². The van der Waals surface area contributed by atoms with Gasteiger partial charge < -0.3 is 10.0 Å². The summed E-state index contributed by atoms with van der Waals surface area (Å²) in [5, 5.41) is 8.83. The summed E-state index contributed by atoms with van der Waals surface area (Å²) < 4.78 is 0. The van der Waals surface area contributed by atoms with Crippen molar-refractivity contribution in [3.05, 3.63) is 0 Å². The second-order valence-corrected chi connectivity index (χ2v) is 4.65. The van der Waals surface area contributed by atoms with Crippen molar-refractivity contribution >= 4 is 17.7 Å². The Hall–Kier alpha value is -0.220. The third-order valence-electron chi connectivity index (χ3n) is 2.27. The molecule has 1 rings (SSSR count). The van der Waals surface area contributed by atoms with E-state index in [1.54, 1.807) is 23.7 Å². The fourth-order valence-corrected chi connectivity index (χ4v) is 2.75. The highest BCUT2D eigenvalue weighted by Gasteiger charge is 2.23. The molecule has 0 radical (unpaired) electrons. The molecule has 0 spiro atoms. The molecule has 0 aliphatic carbocycles. The average molecular weight is 203 g/mol. The molecule has 0 bridgehead atoms. The molecular formula is C9H17NO2S. The molecule has 0 aromatic carbocycles. The van der Waals surface area contributed by atoms with Crippen LogP contribution in [0.5, 0.6) is 0 Å². The van der Waals surface area contributed by atoms with Crippen LogP contribution in [0, 0.1) is 0 Å². The van der Waals surface area contributed by atoms with E-state index in [0.29, 0.717) is 6.54 Å². The molecule has 0 saturated carbocycles. The van der Waals surface area contributed by atoms with Crippen LogP contribution in [-0.2, 0) is 4.79 Å². The number of amides is 1. The van der Waals surface area contributed by atoms with Crippen molar-refractivity contribution in [2.45, 2.75) is 24.5 Å². The van der Waals surface area contributed by atoms with Crippen LogP contribution in [0.2, 0.25) is 0 Å². The summed E-state index contributed by atoms with van der Waals surface area (Å²) in [6, 6.07) is 0. The number of hydrogen-bond acceptors (Lipinski definition) is 3. The van der Waals surface area contributed by atoms with Crippen molar-refractivity contribution < 1.29 is 9.90 Å². The van der Waals surface area contributed by atoms with Gasteiger partial charge in [0.2, 0.25) is 5.91 Å². The first-order valence-electron chi connectivity index (χ1n) is 4.73. The highest BCUT2D eigenvalue weighted by Crippen LogP contribution is 2.26. The fraction of sp³-hybridized carbons (Fsp3) is 0.889. The van der Waals surface area contributed by atoms with Crippen LogP contribution in [0.1, 0.15) is 19.3 Å². The molecule has 1 unspecified atom stereocenters. The number of thioether (sulfide) groups is 1. The lowest BCUT2D eigenvalue weighted by molar-refractivity contribution is -0.129. The Kier molecular flexibility index (Phi) is 4.59. The fourth-order valence-electron chi connectivity index (χ4n) is 1.44. The maximum Gasteiger partial charge on any atom is 0.235 e. The summed E-state index contributed by atoms with van der Waals surface area (Å²) in [5.41, 5.74) is 0. The molecule has 1 aliphatic heterocycles. The third-order valence-corrected chi connectivity index (χ3v) is 3.63. The lowest BCUT2D eigenvalue weighted by Crippen LogP contribution is -2.37. The number of rotatable bonds is 3. The van der Waals surface area contributed by atoms with Crippen LogP contribution in [0.15, 0.2) is 0 Å². The number of aliphatic hydroxyl groups is 1. The minimum absolute atomic E-state index is 0.0552. The standard InChI is InChI=1S/C9H17NO2S/c1-10(5-6-11)9(12)8-4-2-3-7-13-8/h8,11H,2-7H2,1H3. The molecule has 1 aliphatic rings. The topological polar surface area (TPSA) is 40.5 Å². The van der Waals surface area contributed by atoms with Crippen LogP contribution in [0.3, 0.4) is 0 Å². The van der Waals surface area contributed by atoms with Crippen LogP contribution in [0.25, 0.3) is 0 Å². The van der Waals surface area contributed by atoms with Crippen molar-refractivity contribution in [1.29, 1.82) is 0 Å². The Morgan fingerprint density at radius 2 is 2.38 bits per heavy atom. The zero-order valence-corrected chi connectivity index (χ0v) is 8.85. The van der Waals surface area contributed by atoms with Crippen molar-refractivity contribution in [2.24, 2.45) is 0 Å². The molecule has 1 fully saturated rings. The number of aliphatic hydroxyl groups excluding tert-OH is 1. The van der Waals surface area contributed by atoms with Gasteiger partial charge in [0, 0.05) is 13.6 Å². The van der Waals surface area contributed by atoms with Gasteiger partial charge in [-0.25, -0.2) is 0 Å². The van der Waals surface area contributed by atoms with E-state index < -0.39 is 0 Å². The number of hydrogen-bond donors (Lipinski definition) is 1.